The summed E-state index contributed by atoms with van der Waals surface area (Å²) in [5.74, 6) is 2.11. The molecule has 8 heteroatoms. The topological polar surface area (TPSA) is 94.6 Å². The lowest BCUT2D eigenvalue weighted by Gasteiger charge is -2.19. The summed E-state index contributed by atoms with van der Waals surface area (Å²) < 4.78 is 16.2. The van der Waals surface area contributed by atoms with Crippen molar-refractivity contribution in [3.05, 3.63) is 66.0 Å². The molecule has 1 aromatic heterocycles. The molecule has 0 atom stereocenters. The number of nitrogens with zero attached hydrogens (tertiary/aromatic N) is 2. The van der Waals surface area contributed by atoms with Gasteiger partial charge in [-0.3, -0.25) is 4.79 Å². The Morgan fingerprint density at radius 2 is 1.86 bits per heavy atom. The smallest absolute Gasteiger partial charge is 0.274 e. The van der Waals surface area contributed by atoms with Gasteiger partial charge in [0.25, 0.3) is 5.91 Å². The highest BCUT2D eigenvalue weighted by Crippen LogP contribution is 2.32. The molecule has 2 heterocycles. The van der Waals surface area contributed by atoms with Gasteiger partial charge in [-0.15, -0.1) is 0 Å². The molecule has 0 bridgehead atoms. The predicted molar refractivity (Wildman–Crippen MR) is 108 cm³/mol. The highest BCUT2D eigenvalue weighted by atomic mass is 16.6. The Labute approximate surface area is 167 Å². The van der Waals surface area contributed by atoms with Gasteiger partial charge in [-0.05, 0) is 35.9 Å². The number of methoxy groups -OCH3 is 1. The van der Waals surface area contributed by atoms with Gasteiger partial charge >= 0.3 is 0 Å². The maximum Gasteiger partial charge on any atom is 0.274 e. The van der Waals surface area contributed by atoms with E-state index in [0.717, 1.165) is 11.3 Å². The first kappa shape index (κ1) is 18.5. The van der Waals surface area contributed by atoms with E-state index in [-0.39, 0.29) is 11.6 Å². The molecule has 148 valence electrons. The van der Waals surface area contributed by atoms with Crippen molar-refractivity contribution in [2.45, 2.75) is 6.54 Å². The largest absolute Gasteiger partial charge is 0.497 e. The van der Waals surface area contributed by atoms with E-state index in [9.17, 15) is 4.79 Å². The number of aromatic nitrogens is 2. The molecule has 1 amide bonds. The zero-order valence-corrected chi connectivity index (χ0v) is 15.8. The number of benzene rings is 2. The fourth-order valence-electron chi connectivity index (χ4n) is 2.81. The molecule has 0 spiro atoms. The zero-order chi connectivity index (χ0) is 20.1. The number of hydrogen-bond acceptors (Lipinski definition) is 7. The van der Waals surface area contributed by atoms with E-state index in [1.807, 2.05) is 24.3 Å². The van der Waals surface area contributed by atoms with E-state index in [1.54, 1.807) is 37.6 Å². The number of rotatable bonds is 6. The lowest BCUT2D eigenvalue weighted by molar-refractivity contribution is 0.102. The standard InChI is InChI=1S/C21H20N4O4/c1-27-16-5-2-14(3-6-16)13-23-21-22-9-8-17(25-21)20(26)24-15-4-7-18-19(12-15)29-11-10-28-18/h2-9,12H,10-11,13H2,1H3,(H,24,26)(H,22,23,25). The van der Waals surface area contributed by atoms with Crippen LogP contribution in [0.2, 0.25) is 0 Å². The summed E-state index contributed by atoms with van der Waals surface area (Å²) in [6.07, 6.45) is 1.54. The Morgan fingerprint density at radius 3 is 2.66 bits per heavy atom. The molecule has 29 heavy (non-hydrogen) atoms. The Kier molecular flexibility index (Phi) is 5.42. The molecule has 0 radical (unpaired) electrons. The molecular weight excluding hydrogens is 372 g/mol. The van der Waals surface area contributed by atoms with E-state index in [1.165, 1.54) is 0 Å². The Bertz CT molecular complexity index is 1010. The second kappa shape index (κ2) is 8.47. The number of nitrogens with one attached hydrogen (secondary N) is 2. The zero-order valence-electron chi connectivity index (χ0n) is 15.8. The maximum absolute atomic E-state index is 12.6. The van der Waals surface area contributed by atoms with Crippen LogP contribution in [0.25, 0.3) is 0 Å². The van der Waals surface area contributed by atoms with Crippen molar-refractivity contribution in [3.63, 3.8) is 0 Å². The van der Waals surface area contributed by atoms with Gasteiger partial charge in [-0.2, -0.15) is 0 Å². The number of anilines is 2. The summed E-state index contributed by atoms with van der Waals surface area (Å²) in [4.78, 5) is 21.0. The van der Waals surface area contributed by atoms with Gasteiger partial charge in [0.15, 0.2) is 11.5 Å². The van der Waals surface area contributed by atoms with E-state index < -0.39 is 0 Å². The number of amides is 1. The van der Waals surface area contributed by atoms with Crippen LogP contribution in [0.1, 0.15) is 16.1 Å². The maximum atomic E-state index is 12.6. The van der Waals surface area contributed by atoms with Crippen molar-refractivity contribution in [3.8, 4) is 17.2 Å². The third-order valence-electron chi connectivity index (χ3n) is 4.30. The molecule has 2 N–H and O–H groups in total. The third kappa shape index (κ3) is 4.55. The van der Waals surface area contributed by atoms with Gasteiger partial charge in [-0.1, -0.05) is 12.1 Å². The summed E-state index contributed by atoms with van der Waals surface area (Å²) >= 11 is 0. The summed E-state index contributed by atoms with van der Waals surface area (Å²) in [6.45, 7) is 1.53. The van der Waals surface area contributed by atoms with Gasteiger partial charge < -0.3 is 24.8 Å². The van der Waals surface area contributed by atoms with Crippen LogP contribution in [0, 0.1) is 0 Å². The average Bonchev–Trinajstić information content (AvgIpc) is 2.78. The van der Waals surface area contributed by atoms with E-state index in [0.29, 0.717) is 42.9 Å². The molecule has 8 nitrogen and oxygen atoms in total. The van der Waals surface area contributed by atoms with Crippen LogP contribution < -0.4 is 24.8 Å². The fraction of sp³-hybridized carbons (Fsp3) is 0.190. The second-order valence-electron chi connectivity index (χ2n) is 6.28. The van der Waals surface area contributed by atoms with Gasteiger partial charge in [0.1, 0.15) is 24.7 Å². The normalized spacial score (nSPS) is 12.2. The second-order valence-corrected chi connectivity index (χ2v) is 6.28. The van der Waals surface area contributed by atoms with Crippen LogP contribution in [0.3, 0.4) is 0 Å². The highest BCUT2D eigenvalue weighted by Gasteiger charge is 2.14. The first-order chi connectivity index (χ1) is 14.2. The number of carbonyl (C=O) groups is 1. The highest BCUT2D eigenvalue weighted by molar-refractivity contribution is 6.03. The molecule has 0 saturated carbocycles. The summed E-state index contributed by atoms with van der Waals surface area (Å²) in [5.41, 5.74) is 1.90. The van der Waals surface area contributed by atoms with Crippen molar-refractivity contribution in [1.82, 2.24) is 9.97 Å². The minimum atomic E-state index is -0.337. The summed E-state index contributed by atoms with van der Waals surface area (Å²) in [6, 6.07) is 14.5. The first-order valence-electron chi connectivity index (χ1n) is 9.12. The quantitative estimate of drug-likeness (QED) is 0.665. The van der Waals surface area contributed by atoms with Gasteiger partial charge in [0, 0.05) is 24.5 Å². The van der Waals surface area contributed by atoms with Gasteiger partial charge in [0.2, 0.25) is 5.95 Å². The van der Waals surface area contributed by atoms with E-state index in [2.05, 4.69) is 20.6 Å². The Morgan fingerprint density at radius 1 is 1.07 bits per heavy atom. The van der Waals surface area contributed by atoms with Gasteiger partial charge in [-0.25, -0.2) is 9.97 Å². The van der Waals surface area contributed by atoms with Crippen molar-refractivity contribution in [1.29, 1.82) is 0 Å². The van der Waals surface area contributed by atoms with Crippen molar-refractivity contribution < 1.29 is 19.0 Å². The summed E-state index contributed by atoms with van der Waals surface area (Å²) in [7, 11) is 1.63. The van der Waals surface area contributed by atoms with Gasteiger partial charge in [0.05, 0.1) is 7.11 Å². The van der Waals surface area contributed by atoms with E-state index >= 15 is 0 Å². The predicted octanol–water partition coefficient (Wildman–Crippen LogP) is 3.12. The van der Waals surface area contributed by atoms with Crippen LogP contribution in [0.4, 0.5) is 11.6 Å². The minimum absolute atomic E-state index is 0.257. The number of fused-ring (bicyclic) bond motifs is 1. The SMILES string of the molecule is COc1ccc(CNc2nccc(C(=O)Nc3ccc4c(c3)OCCO4)n2)cc1. The molecule has 0 unspecified atom stereocenters. The van der Waals surface area contributed by atoms with Crippen LogP contribution in [0.5, 0.6) is 17.2 Å². The van der Waals surface area contributed by atoms with Crippen molar-refractivity contribution >= 4 is 17.5 Å². The molecule has 4 rings (SSSR count). The Hall–Kier alpha value is -3.81. The molecule has 2 aromatic carbocycles. The molecule has 3 aromatic rings. The van der Waals surface area contributed by atoms with Crippen LogP contribution in [-0.2, 0) is 6.54 Å². The monoisotopic (exact) mass is 392 g/mol. The third-order valence-corrected chi connectivity index (χ3v) is 4.30. The van der Waals surface area contributed by atoms with E-state index in [4.69, 9.17) is 14.2 Å². The Balaban J connectivity index is 1.40. The molecule has 1 aliphatic heterocycles. The number of ether oxygens (including phenoxy) is 3. The van der Waals surface area contributed by atoms with Crippen LogP contribution in [0.15, 0.2) is 54.7 Å². The van der Waals surface area contributed by atoms with Crippen LogP contribution in [-0.4, -0.2) is 36.2 Å². The fourth-order valence-corrected chi connectivity index (χ4v) is 2.81. The number of hydrogen-bond donors (Lipinski definition) is 2. The van der Waals surface area contributed by atoms with Crippen molar-refractivity contribution in [2.75, 3.05) is 31.0 Å². The van der Waals surface area contributed by atoms with Crippen molar-refractivity contribution in [2.24, 2.45) is 0 Å². The summed E-state index contributed by atoms with van der Waals surface area (Å²) in [5, 5.41) is 5.93. The molecular formula is C21H20N4O4. The minimum Gasteiger partial charge on any atom is -0.497 e. The molecule has 0 fully saturated rings. The average molecular weight is 392 g/mol. The first-order valence-corrected chi connectivity index (χ1v) is 9.12. The molecule has 0 saturated heterocycles. The molecule has 0 aliphatic carbocycles. The van der Waals surface area contributed by atoms with Crippen LogP contribution >= 0.6 is 0 Å². The lowest BCUT2D eigenvalue weighted by Crippen LogP contribution is -2.17. The lowest BCUT2D eigenvalue weighted by atomic mass is 10.2. The molecule has 1 aliphatic rings. The number of carbonyl (C=O) groups excluding carboxylic acids is 1.